The normalized spacial score (nSPS) is 14.5. The molecule has 2 N–H and O–H groups in total. The largest absolute Gasteiger partial charge is 0.493 e. The Balaban J connectivity index is 1.84. The SMILES string of the molecule is COc1cc(N)cc(CN2CCc3ccccc3C2)c1OC. The molecule has 0 saturated carbocycles. The summed E-state index contributed by atoms with van der Waals surface area (Å²) in [4.78, 5) is 2.42. The molecule has 2 aromatic carbocycles. The van der Waals surface area contributed by atoms with Crippen molar-refractivity contribution >= 4 is 5.69 Å². The van der Waals surface area contributed by atoms with E-state index in [1.807, 2.05) is 6.07 Å². The average molecular weight is 298 g/mol. The lowest BCUT2D eigenvalue weighted by Gasteiger charge is -2.29. The van der Waals surface area contributed by atoms with Gasteiger partial charge in [-0.2, -0.15) is 0 Å². The lowest BCUT2D eigenvalue weighted by Crippen LogP contribution is -2.30. The molecule has 116 valence electrons. The van der Waals surface area contributed by atoms with Gasteiger partial charge in [-0.05, 0) is 23.6 Å². The van der Waals surface area contributed by atoms with Crippen molar-refractivity contribution in [2.75, 3.05) is 26.5 Å². The van der Waals surface area contributed by atoms with Gasteiger partial charge in [-0.3, -0.25) is 4.90 Å². The summed E-state index contributed by atoms with van der Waals surface area (Å²) in [5, 5.41) is 0. The van der Waals surface area contributed by atoms with Gasteiger partial charge in [0.2, 0.25) is 0 Å². The van der Waals surface area contributed by atoms with Crippen molar-refractivity contribution in [1.29, 1.82) is 0 Å². The number of nitrogens with zero attached hydrogens (tertiary/aromatic N) is 1. The monoisotopic (exact) mass is 298 g/mol. The molecular formula is C18H22N2O2. The number of hydrogen-bond donors (Lipinski definition) is 1. The third kappa shape index (κ3) is 2.88. The standard InChI is InChI=1S/C18H22N2O2/c1-21-17-10-16(19)9-15(18(17)22-2)12-20-8-7-13-5-3-4-6-14(13)11-20/h3-6,9-10H,7-8,11-12,19H2,1-2H3. The number of nitrogen functional groups attached to an aromatic ring is 1. The Bertz CT molecular complexity index is 670. The molecule has 0 fully saturated rings. The Morgan fingerprint density at radius 3 is 2.59 bits per heavy atom. The van der Waals surface area contributed by atoms with Crippen LogP contribution in [0.5, 0.6) is 11.5 Å². The molecule has 0 spiro atoms. The first kappa shape index (κ1) is 14.7. The van der Waals surface area contributed by atoms with E-state index < -0.39 is 0 Å². The van der Waals surface area contributed by atoms with Crippen LogP contribution in [0.15, 0.2) is 36.4 Å². The predicted octanol–water partition coefficient (Wildman–Crippen LogP) is 2.84. The number of rotatable bonds is 4. The average Bonchev–Trinajstić information content (AvgIpc) is 2.54. The van der Waals surface area contributed by atoms with Crippen molar-refractivity contribution < 1.29 is 9.47 Å². The van der Waals surface area contributed by atoms with E-state index in [9.17, 15) is 0 Å². The zero-order chi connectivity index (χ0) is 15.5. The van der Waals surface area contributed by atoms with E-state index in [4.69, 9.17) is 15.2 Å². The van der Waals surface area contributed by atoms with E-state index in [0.29, 0.717) is 11.4 Å². The maximum Gasteiger partial charge on any atom is 0.165 e. The van der Waals surface area contributed by atoms with Gasteiger partial charge in [-0.15, -0.1) is 0 Å². The molecule has 1 heterocycles. The Morgan fingerprint density at radius 2 is 1.86 bits per heavy atom. The number of hydrogen-bond acceptors (Lipinski definition) is 4. The number of fused-ring (bicyclic) bond motifs is 1. The van der Waals surface area contributed by atoms with Crippen molar-refractivity contribution in [2.45, 2.75) is 19.5 Å². The van der Waals surface area contributed by atoms with Crippen LogP contribution >= 0.6 is 0 Å². The first-order chi connectivity index (χ1) is 10.7. The van der Waals surface area contributed by atoms with Crippen molar-refractivity contribution in [3.63, 3.8) is 0 Å². The molecule has 0 unspecified atom stereocenters. The van der Waals surface area contributed by atoms with Gasteiger partial charge >= 0.3 is 0 Å². The minimum atomic E-state index is 0.690. The van der Waals surface area contributed by atoms with Crippen LogP contribution in [0.25, 0.3) is 0 Å². The van der Waals surface area contributed by atoms with Gasteiger partial charge in [-0.25, -0.2) is 0 Å². The van der Waals surface area contributed by atoms with Crippen LogP contribution in [0.2, 0.25) is 0 Å². The number of anilines is 1. The summed E-state index contributed by atoms with van der Waals surface area (Å²) < 4.78 is 10.9. The van der Waals surface area contributed by atoms with Gasteiger partial charge in [0.05, 0.1) is 14.2 Å². The Morgan fingerprint density at radius 1 is 1.09 bits per heavy atom. The second-order valence-electron chi connectivity index (χ2n) is 5.64. The van der Waals surface area contributed by atoms with Crippen molar-refractivity contribution in [3.05, 3.63) is 53.1 Å². The minimum absolute atomic E-state index is 0.690. The van der Waals surface area contributed by atoms with Crippen LogP contribution in [-0.2, 0) is 19.5 Å². The van der Waals surface area contributed by atoms with E-state index in [2.05, 4.69) is 29.2 Å². The van der Waals surface area contributed by atoms with Crippen LogP contribution < -0.4 is 15.2 Å². The third-order valence-corrected chi connectivity index (χ3v) is 4.18. The summed E-state index contributed by atoms with van der Waals surface area (Å²) in [5.74, 6) is 1.46. The fraction of sp³-hybridized carbons (Fsp3) is 0.333. The van der Waals surface area contributed by atoms with Crippen LogP contribution in [-0.4, -0.2) is 25.7 Å². The second-order valence-corrected chi connectivity index (χ2v) is 5.64. The Kier molecular flexibility index (Phi) is 4.20. The van der Waals surface area contributed by atoms with Gasteiger partial charge in [0.1, 0.15) is 0 Å². The fourth-order valence-corrected chi connectivity index (χ4v) is 3.11. The summed E-state index contributed by atoms with van der Waals surface area (Å²) in [6.07, 6.45) is 1.08. The zero-order valence-electron chi connectivity index (χ0n) is 13.1. The molecule has 22 heavy (non-hydrogen) atoms. The third-order valence-electron chi connectivity index (χ3n) is 4.18. The maximum absolute atomic E-state index is 5.99. The molecule has 1 aliphatic heterocycles. The Labute approximate surface area is 131 Å². The molecular weight excluding hydrogens is 276 g/mol. The molecule has 3 rings (SSSR count). The molecule has 0 saturated heterocycles. The van der Waals surface area contributed by atoms with Crippen LogP contribution in [0, 0.1) is 0 Å². The number of nitrogens with two attached hydrogens (primary N) is 1. The van der Waals surface area contributed by atoms with E-state index >= 15 is 0 Å². The van der Waals surface area contributed by atoms with Crippen LogP contribution in [0.4, 0.5) is 5.69 Å². The zero-order valence-corrected chi connectivity index (χ0v) is 13.1. The van der Waals surface area contributed by atoms with E-state index in [1.165, 1.54) is 11.1 Å². The quantitative estimate of drug-likeness (QED) is 0.882. The van der Waals surface area contributed by atoms with E-state index in [0.717, 1.165) is 37.4 Å². The highest BCUT2D eigenvalue weighted by molar-refractivity contribution is 5.57. The fourth-order valence-electron chi connectivity index (χ4n) is 3.11. The summed E-state index contributed by atoms with van der Waals surface area (Å²) in [5.41, 5.74) is 10.6. The molecule has 0 aliphatic carbocycles. The highest BCUT2D eigenvalue weighted by atomic mass is 16.5. The first-order valence-corrected chi connectivity index (χ1v) is 7.50. The van der Waals surface area contributed by atoms with Crippen LogP contribution in [0.1, 0.15) is 16.7 Å². The van der Waals surface area contributed by atoms with Crippen molar-refractivity contribution in [1.82, 2.24) is 4.90 Å². The van der Waals surface area contributed by atoms with Gasteiger partial charge in [0, 0.05) is 37.0 Å². The first-order valence-electron chi connectivity index (χ1n) is 7.50. The van der Waals surface area contributed by atoms with Crippen molar-refractivity contribution in [3.8, 4) is 11.5 Å². The van der Waals surface area contributed by atoms with Gasteiger partial charge < -0.3 is 15.2 Å². The minimum Gasteiger partial charge on any atom is -0.493 e. The lowest BCUT2D eigenvalue weighted by atomic mass is 9.99. The van der Waals surface area contributed by atoms with E-state index in [-0.39, 0.29) is 0 Å². The molecule has 4 nitrogen and oxygen atoms in total. The number of methoxy groups -OCH3 is 2. The predicted molar refractivity (Wildman–Crippen MR) is 88.2 cm³/mol. The topological polar surface area (TPSA) is 47.7 Å². The van der Waals surface area contributed by atoms with Crippen LogP contribution in [0.3, 0.4) is 0 Å². The lowest BCUT2D eigenvalue weighted by molar-refractivity contribution is 0.240. The highest BCUT2D eigenvalue weighted by Crippen LogP contribution is 2.35. The molecule has 0 bridgehead atoms. The molecule has 0 amide bonds. The van der Waals surface area contributed by atoms with Gasteiger partial charge in [0.25, 0.3) is 0 Å². The molecule has 2 aromatic rings. The van der Waals surface area contributed by atoms with Crippen molar-refractivity contribution in [2.24, 2.45) is 0 Å². The smallest absolute Gasteiger partial charge is 0.165 e. The molecule has 1 aliphatic rings. The summed E-state index contributed by atoms with van der Waals surface area (Å²) >= 11 is 0. The molecule has 0 aromatic heterocycles. The number of benzene rings is 2. The molecule has 0 atom stereocenters. The summed E-state index contributed by atoms with van der Waals surface area (Å²) in [7, 11) is 3.31. The summed E-state index contributed by atoms with van der Waals surface area (Å²) in [6.45, 7) is 2.80. The summed E-state index contributed by atoms with van der Waals surface area (Å²) in [6, 6.07) is 12.4. The Hall–Kier alpha value is -2.20. The highest BCUT2D eigenvalue weighted by Gasteiger charge is 2.19. The van der Waals surface area contributed by atoms with Gasteiger partial charge in [-0.1, -0.05) is 24.3 Å². The number of ether oxygens (including phenoxy) is 2. The van der Waals surface area contributed by atoms with Gasteiger partial charge in [0.15, 0.2) is 11.5 Å². The van der Waals surface area contributed by atoms with E-state index in [1.54, 1.807) is 20.3 Å². The second kappa shape index (κ2) is 6.28. The maximum atomic E-state index is 5.99. The molecule has 4 heteroatoms. The molecule has 0 radical (unpaired) electrons.